The molecule has 0 amide bonds. The van der Waals surface area contributed by atoms with Crippen molar-refractivity contribution in [2.75, 3.05) is 19.7 Å². The lowest BCUT2D eigenvalue weighted by Crippen LogP contribution is -2.32. The second kappa shape index (κ2) is 17.7. The van der Waals surface area contributed by atoms with Gasteiger partial charge in [0.2, 0.25) is 0 Å². The summed E-state index contributed by atoms with van der Waals surface area (Å²) in [4.78, 5) is 6.80. The maximum Gasteiger partial charge on any atom is 0.102 e. The highest BCUT2D eigenvalue weighted by atomic mass is 16.3. The van der Waals surface area contributed by atoms with E-state index < -0.39 is 0 Å². The molecular formula is C23H44N2O. The van der Waals surface area contributed by atoms with E-state index >= 15 is 0 Å². The van der Waals surface area contributed by atoms with Crippen LogP contribution in [0.2, 0.25) is 0 Å². The Kier molecular flexibility index (Phi) is 15.9. The summed E-state index contributed by atoms with van der Waals surface area (Å²) in [5.41, 5.74) is 0. The van der Waals surface area contributed by atoms with E-state index in [1.54, 1.807) is 0 Å². The zero-order chi connectivity index (χ0) is 18.7. The molecule has 1 heterocycles. The Morgan fingerprint density at radius 1 is 0.885 bits per heavy atom. The molecule has 1 rings (SSSR count). The first-order chi connectivity index (χ1) is 12.9. The first kappa shape index (κ1) is 23.4. The van der Waals surface area contributed by atoms with Gasteiger partial charge in [-0.2, -0.15) is 0 Å². The van der Waals surface area contributed by atoms with Crippen molar-refractivity contribution >= 4 is 6.21 Å². The van der Waals surface area contributed by atoms with Crippen molar-refractivity contribution in [2.45, 2.75) is 109 Å². The SMILES string of the molecule is CCCCCC/C=C/CCCCCCCCCCC1N=CCN1CCO. The van der Waals surface area contributed by atoms with Gasteiger partial charge in [0.1, 0.15) is 6.17 Å². The molecule has 1 aliphatic rings. The molecule has 152 valence electrons. The van der Waals surface area contributed by atoms with Gasteiger partial charge in [-0.3, -0.25) is 9.89 Å². The highest BCUT2D eigenvalue weighted by molar-refractivity contribution is 5.62. The van der Waals surface area contributed by atoms with E-state index in [0.29, 0.717) is 6.17 Å². The third-order valence-electron chi connectivity index (χ3n) is 5.38. The molecular weight excluding hydrogens is 320 g/mol. The van der Waals surface area contributed by atoms with E-state index in [2.05, 4.69) is 29.0 Å². The summed E-state index contributed by atoms with van der Waals surface area (Å²) in [5.74, 6) is 0. The molecule has 0 fully saturated rings. The maximum atomic E-state index is 9.06. The van der Waals surface area contributed by atoms with E-state index in [4.69, 9.17) is 5.11 Å². The van der Waals surface area contributed by atoms with Crippen LogP contribution in [0.4, 0.5) is 0 Å². The molecule has 1 atom stereocenters. The van der Waals surface area contributed by atoms with Gasteiger partial charge in [-0.15, -0.1) is 0 Å². The first-order valence-electron chi connectivity index (χ1n) is 11.4. The fraction of sp³-hybridized carbons (Fsp3) is 0.870. The molecule has 0 aromatic rings. The topological polar surface area (TPSA) is 35.8 Å². The number of nitrogens with zero attached hydrogens (tertiary/aromatic N) is 2. The molecule has 1 N–H and O–H groups in total. The second-order valence-corrected chi connectivity index (χ2v) is 7.76. The molecule has 0 aromatic carbocycles. The lowest BCUT2D eigenvalue weighted by Gasteiger charge is -2.21. The summed E-state index contributed by atoms with van der Waals surface area (Å²) >= 11 is 0. The molecule has 0 aliphatic carbocycles. The molecule has 3 nitrogen and oxygen atoms in total. The smallest absolute Gasteiger partial charge is 0.102 e. The number of aliphatic hydroxyl groups is 1. The Bertz CT molecular complexity index is 354. The van der Waals surface area contributed by atoms with Crippen LogP contribution >= 0.6 is 0 Å². The van der Waals surface area contributed by atoms with Gasteiger partial charge in [-0.25, -0.2) is 0 Å². The molecule has 0 aromatic heterocycles. The Hall–Kier alpha value is -0.670. The van der Waals surface area contributed by atoms with Gasteiger partial charge in [-0.1, -0.05) is 76.9 Å². The molecule has 26 heavy (non-hydrogen) atoms. The van der Waals surface area contributed by atoms with E-state index in [-0.39, 0.29) is 6.61 Å². The quantitative estimate of drug-likeness (QED) is 0.235. The average Bonchev–Trinajstić information content (AvgIpc) is 3.09. The van der Waals surface area contributed by atoms with Crippen LogP contribution in [0.25, 0.3) is 0 Å². The minimum Gasteiger partial charge on any atom is -0.395 e. The molecule has 3 heteroatoms. The standard InChI is InChI=1S/C23H44N2O/c1-2-3-4-5-6-7-8-9-10-11-12-13-14-15-16-17-18-23-24-19-20-25(23)21-22-26/h7-8,19,23,26H,2-6,9-18,20-22H2,1H3/b8-7+. The summed E-state index contributed by atoms with van der Waals surface area (Å²) in [6.45, 7) is 4.20. The van der Waals surface area contributed by atoms with Crippen molar-refractivity contribution in [1.29, 1.82) is 0 Å². The molecule has 1 aliphatic heterocycles. The van der Waals surface area contributed by atoms with Crippen LogP contribution in [0.1, 0.15) is 103 Å². The fourth-order valence-electron chi connectivity index (χ4n) is 3.69. The number of rotatable bonds is 18. The average molecular weight is 365 g/mol. The van der Waals surface area contributed by atoms with Crippen molar-refractivity contribution < 1.29 is 5.11 Å². The van der Waals surface area contributed by atoms with E-state index in [9.17, 15) is 0 Å². The van der Waals surface area contributed by atoms with Crippen LogP contribution in [0.3, 0.4) is 0 Å². The van der Waals surface area contributed by atoms with Crippen molar-refractivity contribution in [3.8, 4) is 0 Å². The Labute approximate surface area is 163 Å². The van der Waals surface area contributed by atoms with Crippen LogP contribution in [-0.4, -0.2) is 42.1 Å². The van der Waals surface area contributed by atoms with Gasteiger partial charge < -0.3 is 5.11 Å². The predicted molar refractivity (Wildman–Crippen MR) is 115 cm³/mol. The minimum atomic E-state index is 0.245. The molecule has 0 radical (unpaired) electrons. The molecule has 0 spiro atoms. The van der Waals surface area contributed by atoms with Gasteiger partial charge >= 0.3 is 0 Å². The summed E-state index contributed by atoms with van der Waals surface area (Å²) in [6, 6.07) is 0. The number of hydrogen-bond acceptors (Lipinski definition) is 3. The monoisotopic (exact) mass is 364 g/mol. The number of β-amino-alcohol motifs (C(OH)–C–C–N with tert-alkyl or cyclic N) is 1. The van der Waals surface area contributed by atoms with Crippen molar-refractivity contribution in [2.24, 2.45) is 4.99 Å². The van der Waals surface area contributed by atoms with Crippen molar-refractivity contribution in [3.05, 3.63) is 12.2 Å². The first-order valence-corrected chi connectivity index (χ1v) is 11.4. The predicted octanol–water partition coefficient (Wildman–Crippen LogP) is 6.12. The number of allylic oxidation sites excluding steroid dienone is 2. The van der Waals surface area contributed by atoms with E-state index in [1.807, 2.05) is 6.21 Å². The van der Waals surface area contributed by atoms with Crippen molar-refractivity contribution in [1.82, 2.24) is 4.90 Å². The Balaban J connectivity index is 1.78. The lowest BCUT2D eigenvalue weighted by atomic mass is 10.1. The number of aliphatic imine (C=N–C) groups is 1. The van der Waals surface area contributed by atoms with E-state index in [0.717, 1.165) is 19.5 Å². The fourth-order valence-corrected chi connectivity index (χ4v) is 3.69. The van der Waals surface area contributed by atoms with E-state index in [1.165, 1.54) is 89.9 Å². The van der Waals surface area contributed by atoms with Gasteiger partial charge in [0, 0.05) is 19.3 Å². The third kappa shape index (κ3) is 12.6. The highest BCUT2D eigenvalue weighted by Gasteiger charge is 2.19. The van der Waals surface area contributed by atoms with Crippen LogP contribution in [0, 0.1) is 0 Å². The highest BCUT2D eigenvalue weighted by Crippen LogP contribution is 2.16. The number of aliphatic hydroxyl groups excluding tert-OH is 1. The normalized spacial score (nSPS) is 17.7. The molecule has 0 saturated heterocycles. The Morgan fingerprint density at radius 2 is 1.46 bits per heavy atom. The largest absolute Gasteiger partial charge is 0.395 e. The van der Waals surface area contributed by atoms with Crippen LogP contribution in [0.15, 0.2) is 17.1 Å². The zero-order valence-corrected chi connectivity index (χ0v) is 17.4. The van der Waals surface area contributed by atoms with Gasteiger partial charge in [0.15, 0.2) is 0 Å². The number of hydrogen-bond donors (Lipinski definition) is 1. The van der Waals surface area contributed by atoms with Gasteiger partial charge in [0.05, 0.1) is 6.61 Å². The van der Waals surface area contributed by atoms with Crippen LogP contribution < -0.4 is 0 Å². The zero-order valence-electron chi connectivity index (χ0n) is 17.4. The summed E-state index contributed by atoms with van der Waals surface area (Å²) in [5, 5.41) is 9.06. The van der Waals surface area contributed by atoms with Crippen molar-refractivity contribution in [3.63, 3.8) is 0 Å². The van der Waals surface area contributed by atoms with Gasteiger partial charge in [0.25, 0.3) is 0 Å². The summed E-state index contributed by atoms with van der Waals surface area (Å²) in [7, 11) is 0. The summed E-state index contributed by atoms with van der Waals surface area (Å²) < 4.78 is 0. The molecule has 0 saturated carbocycles. The second-order valence-electron chi connectivity index (χ2n) is 7.76. The molecule has 0 bridgehead atoms. The Morgan fingerprint density at radius 3 is 2.08 bits per heavy atom. The lowest BCUT2D eigenvalue weighted by molar-refractivity contribution is 0.176. The number of unbranched alkanes of at least 4 members (excludes halogenated alkanes) is 12. The van der Waals surface area contributed by atoms with Crippen LogP contribution in [0.5, 0.6) is 0 Å². The van der Waals surface area contributed by atoms with Crippen LogP contribution in [-0.2, 0) is 0 Å². The summed E-state index contributed by atoms with van der Waals surface area (Å²) in [6.07, 6.45) is 27.3. The molecule has 1 unspecified atom stereocenters. The third-order valence-corrected chi connectivity index (χ3v) is 5.38. The maximum absolute atomic E-state index is 9.06. The van der Waals surface area contributed by atoms with Gasteiger partial charge in [-0.05, 0) is 38.5 Å². The minimum absolute atomic E-state index is 0.245.